The maximum absolute atomic E-state index is 4.98. The molecule has 0 heterocycles. The molecule has 1 rings (SSSR count). The van der Waals surface area contributed by atoms with Crippen LogP contribution >= 0.6 is 0 Å². The minimum Gasteiger partial charge on any atom is -0.554 e. The van der Waals surface area contributed by atoms with E-state index in [1.54, 1.807) is 7.11 Å². The second kappa shape index (κ2) is 14.5. The molecule has 0 saturated carbocycles. The summed E-state index contributed by atoms with van der Waals surface area (Å²) in [5, 5.41) is 0. The molecule has 0 aromatic heterocycles. The van der Waals surface area contributed by atoms with Gasteiger partial charge < -0.3 is 18.6 Å². The van der Waals surface area contributed by atoms with Crippen LogP contribution in [0.25, 0.3) is 0 Å². The van der Waals surface area contributed by atoms with Crippen LogP contribution in [-0.2, 0) is 0 Å². The number of para-hydroxylation sites is 1. The molecular weight excluding hydrogens is 235 g/mol. The van der Waals surface area contributed by atoms with E-state index in [0.29, 0.717) is 11.8 Å². The molecule has 0 spiro atoms. The van der Waals surface area contributed by atoms with E-state index >= 15 is 0 Å². The summed E-state index contributed by atoms with van der Waals surface area (Å²) < 4.78 is 4.98. The molecule has 0 aliphatic heterocycles. The van der Waals surface area contributed by atoms with E-state index in [1.165, 1.54) is 0 Å². The third-order valence-corrected chi connectivity index (χ3v) is 1.19. The van der Waals surface area contributed by atoms with Crippen molar-refractivity contribution in [1.29, 1.82) is 0 Å². The average molecular weight is 262 g/mol. The van der Waals surface area contributed by atoms with E-state index in [9.17, 15) is 0 Å². The summed E-state index contributed by atoms with van der Waals surface area (Å²) in [5.41, 5.74) is 0.931. The van der Waals surface area contributed by atoms with Crippen molar-refractivity contribution in [2.75, 3.05) is 7.11 Å². The van der Waals surface area contributed by atoms with Crippen LogP contribution in [0.1, 0.15) is 33.3 Å². The minimum atomic E-state index is 0. The Bertz CT molecular complexity index is 258. The minimum absolute atomic E-state index is 0. The van der Waals surface area contributed by atoms with Crippen LogP contribution < -0.4 is 4.74 Å². The van der Waals surface area contributed by atoms with E-state index in [4.69, 9.17) is 4.74 Å². The van der Waals surface area contributed by atoms with Gasteiger partial charge in [-0.05, 0) is 0 Å². The van der Waals surface area contributed by atoms with Crippen LogP contribution in [0.3, 0.4) is 0 Å². The van der Waals surface area contributed by atoms with Crippen LogP contribution in [-0.4, -0.2) is 24.5 Å². The normalized spacial score (nSPS) is 8.50. The molecule has 1 nitrogen and oxygen atoms in total. The average Bonchev–Trinajstić information content (AvgIpc) is 2.16. The summed E-state index contributed by atoms with van der Waals surface area (Å²) in [7, 11) is 1.64. The maximum Gasteiger partial charge on any atom is 3.00 e. The van der Waals surface area contributed by atoms with E-state index < -0.39 is 0 Å². The van der Waals surface area contributed by atoms with Gasteiger partial charge >= 0.3 is 17.4 Å². The van der Waals surface area contributed by atoms with Crippen molar-refractivity contribution >= 4 is 17.4 Å². The van der Waals surface area contributed by atoms with Crippen LogP contribution in [0.15, 0.2) is 24.3 Å². The number of rotatable bonds is 1. The van der Waals surface area contributed by atoms with Gasteiger partial charge in [-0.25, -0.2) is 0 Å². The number of hydrogen-bond acceptors (Lipinski definition) is 1. The Hall–Kier alpha value is -0.578. The molecule has 0 aliphatic rings. The van der Waals surface area contributed by atoms with Gasteiger partial charge in [-0.15, -0.1) is 6.07 Å². The van der Waals surface area contributed by atoms with Crippen LogP contribution in [0.2, 0.25) is 0 Å². The Balaban J connectivity index is -0.000000214. The van der Waals surface area contributed by atoms with Crippen molar-refractivity contribution in [3.63, 3.8) is 0 Å². The molecule has 100 valence electrons. The predicted octanol–water partition coefficient (Wildman–Crippen LogP) is 4.45. The molecule has 0 aliphatic carbocycles. The fraction of sp³-hybridized carbons (Fsp3) is 0.438. The molecule has 18 heavy (non-hydrogen) atoms. The molecule has 0 amide bonds. The quantitative estimate of drug-likeness (QED) is 0.536. The van der Waals surface area contributed by atoms with Gasteiger partial charge in [0.25, 0.3) is 0 Å². The summed E-state index contributed by atoms with van der Waals surface area (Å²) >= 11 is 0. The summed E-state index contributed by atoms with van der Waals surface area (Å²) in [6, 6.07) is 7.67. The predicted molar refractivity (Wildman–Crippen MR) is 83.6 cm³/mol. The summed E-state index contributed by atoms with van der Waals surface area (Å²) in [4.78, 5) is 0. The number of methoxy groups -OCH3 is 1. The Morgan fingerprint density at radius 3 is 1.50 bits per heavy atom. The molecule has 1 aromatic carbocycles. The number of ether oxygens (including phenoxy) is 1. The van der Waals surface area contributed by atoms with Gasteiger partial charge in [-0.1, -0.05) is 39.8 Å². The fourth-order valence-corrected chi connectivity index (χ4v) is 0.703. The van der Waals surface area contributed by atoms with Gasteiger partial charge in [0.15, 0.2) is 0 Å². The summed E-state index contributed by atoms with van der Waals surface area (Å²) in [5.74, 6) is 2.01. The molecule has 0 radical (unpaired) electrons. The zero-order chi connectivity index (χ0) is 13.8. The smallest absolute Gasteiger partial charge is 0.554 e. The van der Waals surface area contributed by atoms with Gasteiger partial charge in [-0.3, -0.25) is 0 Å². The van der Waals surface area contributed by atoms with Crippen LogP contribution in [0.4, 0.5) is 0 Å². The van der Waals surface area contributed by atoms with E-state index in [0.717, 1.165) is 11.3 Å². The van der Waals surface area contributed by atoms with Crippen molar-refractivity contribution < 1.29 is 4.74 Å². The fourth-order valence-electron chi connectivity index (χ4n) is 0.703. The largest absolute Gasteiger partial charge is 3.00 e. The Labute approximate surface area is 125 Å². The van der Waals surface area contributed by atoms with Gasteiger partial charge in [0.05, 0.1) is 7.11 Å². The first-order valence-electron chi connectivity index (χ1n) is 5.92. The zero-order valence-corrected chi connectivity index (χ0v) is 13.7. The van der Waals surface area contributed by atoms with Crippen molar-refractivity contribution in [2.24, 2.45) is 11.8 Å². The van der Waals surface area contributed by atoms with Gasteiger partial charge in [-0.2, -0.15) is 30.4 Å². The van der Waals surface area contributed by atoms with Gasteiger partial charge in [0.1, 0.15) is 0 Å². The SMILES string of the molecule is [Al+3].[CH2-]C(C)C.[CH2-]C(C)C.[CH2-]c1ccccc1OC. The third-order valence-electron chi connectivity index (χ3n) is 1.19. The Morgan fingerprint density at radius 1 is 0.944 bits per heavy atom. The monoisotopic (exact) mass is 262 g/mol. The van der Waals surface area contributed by atoms with Crippen molar-refractivity contribution in [2.45, 2.75) is 27.7 Å². The van der Waals surface area contributed by atoms with Gasteiger partial charge in [0.2, 0.25) is 0 Å². The van der Waals surface area contributed by atoms with Crippen molar-refractivity contribution in [3.8, 4) is 5.75 Å². The van der Waals surface area contributed by atoms with Crippen LogP contribution in [0.5, 0.6) is 5.75 Å². The maximum atomic E-state index is 4.98. The second-order valence-corrected chi connectivity index (χ2v) is 4.60. The summed E-state index contributed by atoms with van der Waals surface area (Å²) in [6.45, 7) is 19.3. The molecule has 0 fully saturated rings. The molecule has 0 saturated heterocycles. The van der Waals surface area contributed by atoms with Crippen molar-refractivity contribution in [1.82, 2.24) is 0 Å². The molecule has 0 atom stereocenters. The zero-order valence-electron chi connectivity index (χ0n) is 12.6. The first-order chi connectivity index (χ1) is 7.81. The Kier molecular flexibility index (Phi) is 18.2. The third kappa shape index (κ3) is 20.8. The second-order valence-electron chi connectivity index (χ2n) is 4.60. The van der Waals surface area contributed by atoms with E-state index in [2.05, 4.69) is 48.5 Å². The number of benzene rings is 1. The van der Waals surface area contributed by atoms with Crippen LogP contribution in [0, 0.1) is 32.6 Å². The number of hydrogen-bond donors (Lipinski definition) is 0. The first-order valence-corrected chi connectivity index (χ1v) is 5.92. The van der Waals surface area contributed by atoms with Gasteiger partial charge in [0, 0.05) is 5.75 Å². The molecule has 0 N–H and O–H groups in total. The van der Waals surface area contributed by atoms with E-state index in [-0.39, 0.29) is 17.4 Å². The Morgan fingerprint density at radius 2 is 1.28 bits per heavy atom. The summed E-state index contributed by atoms with van der Waals surface area (Å²) in [6.07, 6.45) is 0. The molecule has 1 aromatic rings. The topological polar surface area (TPSA) is 9.23 Å². The molecule has 2 heteroatoms. The van der Waals surface area contributed by atoms with Crippen molar-refractivity contribution in [3.05, 3.63) is 50.6 Å². The van der Waals surface area contributed by atoms with E-state index in [1.807, 2.05) is 24.3 Å². The molecule has 0 bridgehead atoms. The standard InChI is InChI=1S/C8H9O.2C4H9.Al/c1-7-5-3-4-6-8(7)9-2;2*1-4(2)3;/h3-6H,1H2,2H3;2*4H,1H2,2-3H3;/q3*-1;+3. The molecule has 0 unspecified atom stereocenters. The molecular formula is C16H27AlO. The first kappa shape index (κ1) is 22.6.